The van der Waals surface area contributed by atoms with Crippen molar-refractivity contribution in [2.75, 3.05) is 5.32 Å². The van der Waals surface area contributed by atoms with Crippen LogP contribution in [0.2, 0.25) is 0 Å². The Balaban J connectivity index is 2.21. The quantitative estimate of drug-likeness (QED) is 0.738. The van der Waals surface area contributed by atoms with Crippen LogP contribution in [0, 0.1) is 20.8 Å². The molecule has 0 saturated carbocycles. The number of hydrogen-bond acceptors (Lipinski definition) is 5. The molecule has 0 spiro atoms. The molecule has 3 N–H and O–H groups in total. The summed E-state index contributed by atoms with van der Waals surface area (Å²) in [6.07, 6.45) is 0. The summed E-state index contributed by atoms with van der Waals surface area (Å²) in [5.74, 6) is 1.22. The van der Waals surface area contributed by atoms with E-state index in [-0.39, 0.29) is 11.5 Å². The molecule has 0 fully saturated rings. The van der Waals surface area contributed by atoms with E-state index in [1.54, 1.807) is 12.1 Å². The lowest BCUT2D eigenvalue weighted by Gasteiger charge is -2.12. The predicted octanol–water partition coefficient (Wildman–Crippen LogP) is 2.43. The summed E-state index contributed by atoms with van der Waals surface area (Å²) in [6.45, 7) is 6.10. The highest BCUT2D eigenvalue weighted by Crippen LogP contribution is 2.28. The van der Waals surface area contributed by atoms with Crippen molar-refractivity contribution in [3.8, 4) is 11.5 Å². The minimum atomic E-state index is -0.119. The number of benzene rings is 1. The van der Waals surface area contributed by atoms with Crippen LogP contribution in [0.15, 0.2) is 18.2 Å². The largest absolute Gasteiger partial charge is 0.504 e. The number of para-hydroxylation sites is 1. The molecule has 5 heteroatoms. The third kappa shape index (κ3) is 2.76. The minimum absolute atomic E-state index is 0.102. The predicted molar refractivity (Wildman–Crippen MR) is 73.3 cm³/mol. The van der Waals surface area contributed by atoms with Crippen LogP contribution in [0.1, 0.15) is 22.6 Å². The highest BCUT2D eigenvalue weighted by molar-refractivity contribution is 5.49. The van der Waals surface area contributed by atoms with Crippen molar-refractivity contribution in [3.05, 3.63) is 40.8 Å². The van der Waals surface area contributed by atoms with E-state index in [0.29, 0.717) is 17.9 Å². The zero-order valence-corrected chi connectivity index (χ0v) is 11.2. The van der Waals surface area contributed by atoms with E-state index in [0.717, 1.165) is 17.1 Å². The first-order valence-electron chi connectivity index (χ1n) is 6.04. The molecule has 2 rings (SSSR count). The standard InChI is InChI=1S/C14H17N3O2/c1-8-9(2)16-10(3)17-14(8)15-7-11-5-4-6-12(18)13(11)19/h4-6,18-19H,7H2,1-3H3,(H,15,16,17). The Hall–Kier alpha value is -2.30. The van der Waals surface area contributed by atoms with Crippen LogP contribution < -0.4 is 5.32 Å². The molecular formula is C14H17N3O2. The topological polar surface area (TPSA) is 78.3 Å². The second-order valence-corrected chi connectivity index (χ2v) is 4.47. The van der Waals surface area contributed by atoms with Crippen LogP contribution in [-0.2, 0) is 6.54 Å². The third-order valence-electron chi connectivity index (χ3n) is 3.05. The third-order valence-corrected chi connectivity index (χ3v) is 3.05. The highest BCUT2D eigenvalue weighted by Gasteiger charge is 2.08. The van der Waals surface area contributed by atoms with Crippen molar-refractivity contribution >= 4 is 5.82 Å². The number of phenolic OH excluding ortho intramolecular Hbond substituents is 2. The first-order chi connectivity index (χ1) is 8.99. The van der Waals surface area contributed by atoms with E-state index < -0.39 is 0 Å². The lowest BCUT2D eigenvalue weighted by molar-refractivity contribution is 0.400. The maximum Gasteiger partial charge on any atom is 0.162 e. The number of hydrogen-bond donors (Lipinski definition) is 3. The van der Waals surface area contributed by atoms with Crippen LogP contribution in [0.4, 0.5) is 5.82 Å². The summed E-state index contributed by atoms with van der Waals surface area (Å²) in [6, 6.07) is 4.89. The Morgan fingerprint density at radius 3 is 2.58 bits per heavy atom. The summed E-state index contributed by atoms with van der Waals surface area (Å²) < 4.78 is 0. The van der Waals surface area contributed by atoms with Gasteiger partial charge in [-0.25, -0.2) is 9.97 Å². The fourth-order valence-corrected chi connectivity index (χ4v) is 1.84. The van der Waals surface area contributed by atoms with Crippen molar-refractivity contribution in [1.82, 2.24) is 9.97 Å². The van der Waals surface area contributed by atoms with E-state index in [2.05, 4.69) is 15.3 Å². The first-order valence-corrected chi connectivity index (χ1v) is 6.04. The summed E-state index contributed by atoms with van der Waals surface area (Å²) in [7, 11) is 0. The smallest absolute Gasteiger partial charge is 0.162 e. The maximum absolute atomic E-state index is 9.73. The van der Waals surface area contributed by atoms with E-state index in [1.807, 2.05) is 20.8 Å². The summed E-state index contributed by atoms with van der Waals surface area (Å²) in [5, 5.41) is 22.3. The van der Waals surface area contributed by atoms with Crippen LogP contribution >= 0.6 is 0 Å². The Bertz CT molecular complexity index is 612. The fraction of sp³-hybridized carbons (Fsp3) is 0.286. The monoisotopic (exact) mass is 259 g/mol. The summed E-state index contributed by atoms with van der Waals surface area (Å²) in [4.78, 5) is 8.61. The number of rotatable bonds is 3. The van der Waals surface area contributed by atoms with Gasteiger partial charge in [0.2, 0.25) is 0 Å². The average Bonchev–Trinajstić information content (AvgIpc) is 2.36. The number of anilines is 1. The van der Waals surface area contributed by atoms with E-state index in [1.165, 1.54) is 6.07 Å². The Kier molecular flexibility index (Phi) is 3.55. The second kappa shape index (κ2) is 5.14. The van der Waals surface area contributed by atoms with Gasteiger partial charge in [-0.1, -0.05) is 12.1 Å². The molecule has 1 aromatic carbocycles. The van der Waals surface area contributed by atoms with Crippen LogP contribution in [0.3, 0.4) is 0 Å². The van der Waals surface area contributed by atoms with Gasteiger partial charge < -0.3 is 15.5 Å². The van der Waals surface area contributed by atoms with Crippen molar-refractivity contribution in [2.45, 2.75) is 27.3 Å². The van der Waals surface area contributed by atoms with Gasteiger partial charge in [0, 0.05) is 23.4 Å². The van der Waals surface area contributed by atoms with Crippen LogP contribution in [0.5, 0.6) is 11.5 Å². The summed E-state index contributed by atoms with van der Waals surface area (Å²) in [5.41, 5.74) is 2.52. The van der Waals surface area contributed by atoms with Crippen LogP contribution in [0.25, 0.3) is 0 Å². The lowest BCUT2D eigenvalue weighted by atomic mass is 10.1. The van der Waals surface area contributed by atoms with Gasteiger partial charge in [0.05, 0.1) is 0 Å². The number of aryl methyl sites for hydroxylation is 2. The number of phenols is 2. The molecule has 1 heterocycles. The molecule has 0 atom stereocenters. The van der Waals surface area contributed by atoms with E-state index in [4.69, 9.17) is 0 Å². The van der Waals surface area contributed by atoms with E-state index >= 15 is 0 Å². The van der Waals surface area contributed by atoms with E-state index in [9.17, 15) is 10.2 Å². The second-order valence-electron chi connectivity index (χ2n) is 4.47. The van der Waals surface area contributed by atoms with Crippen molar-refractivity contribution in [3.63, 3.8) is 0 Å². The molecule has 0 bridgehead atoms. The minimum Gasteiger partial charge on any atom is -0.504 e. The highest BCUT2D eigenvalue weighted by atomic mass is 16.3. The molecule has 0 aliphatic heterocycles. The van der Waals surface area contributed by atoms with Gasteiger partial charge in [0.1, 0.15) is 11.6 Å². The maximum atomic E-state index is 9.73. The molecule has 0 aliphatic carbocycles. The molecule has 1 aromatic heterocycles. The number of nitrogens with zero attached hydrogens (tertiary/aromatic N) is 2. The van der Waals surface area contributed by atoms with Crippen LogP contribution in [-0.4, -0.2) is 20.2 Å². The molecule has 19 heavy (non-hydrogen) atoms. The SMILES string of the molecule is Cc1nc(C)c(C)c(NCc2cccc(O)c2O)n1. The van der Waals surface area contributed by atoms with Crippen molar-refractivity contribution < 1.29 is 10.2 Å². The number of aromatic nitrogens is 2. The molecule has 0 unspecified atom stereocenters. The Labute approximate surface area is 112 Å². The van der Waals surface area contributed by atoms with Crippen molar-refractivity contribution in [1.29, 1.82) is 0 Å². The molecule has 0 radical (unpaired) electrons. The van der Waals surface area contributed by atoms with Gasteiger partial charge in [-0.15, -0.1) is 0 Å². The van der Waals surface area contributed by atoms with Gasteiger partial charge >= 0.3 is 0 Å². The van der Waals surface area contributed by atoms with Gasteiger partial charge in [-0.3, -0.25) is 0 Å². The molecule has 2 aromatic rings. The molecule has 100 valence electrons. The number of aromatic hydroxyl groups is 2. The molecule has 0 amide bonds. The fourth-order valence-electron chi connectivity index (χ4n) is 1.84. The lowest BCUT2D eigenvalue weighted by Crippen LogP contribution is -2.07. The zero-order chi connectivity index (χ0) is 14.0. The Morgan fingerprint density at radius 1 is 1.11 bits per heavy atom. The Morgan fingerprint density at radius 2 is 1.84 bits per heavy atom. The average molecular weight is 259 g/mol. The molecule has 0 saturated heterocycles. The molecule has 0 aliphatic rings. The van der Waals surface area contributed by atoms with Gasteiger partial charge in [-0.2, -0.15) is 0 Å². The normalized spacial score (nSPS) is 10.5. The zero-order valence-electron chi connectivity index (χ0n) is 11.2. The molecule has 5 nitrogen and oxygen atoms in total. The first kappa shape index (κ1) is 13.1. The van der Waals surface area contributed by atoms with Crippen molar-refractivity contribution in [2.24, 2.45) is 0 Å². The molecular weight excluding hydrogens is 242 g/mol. The van der Waals surface area contributed by atoms with Gasteiger partial charge in [0.15, 0.2) is 11.5 Å². The van der Waals surface area contributed by atoms with Gasteiger partial charge in [-0.05, 0) is 26.8 Å². The van der Waals surface area contributed by atoms with Gasteiger partial charge in [0.25, 0.3) is 0 Å². The summed E-state index contributed by atoms with van der Waals surface area (Å²) >= 11 is 0. The number of nitrogens with one attached hydrogen (secondary N) is 1.